The fourth-order valence-electron chi connectivity index (χ4n) is 4.02. The van der Waals surface area contributed by atoms with Crippen LogP contribution in [0.25, 0.3) is 0 Å². The van der Waals surface area contributed by atoms with E-state index in [1.165, 1.54) is 5.56 Å². The normalized spacial score (nSPS) is 15.9. The van der Waals surface area contributed by atoms with Crippen LogP contribution in [0.2, 0.25) is 0 Å². The van der Waals surface area contributed by atoms with Gasteiger partial charge in [-0.1, -0.05) is 53.7 Å². The van der Waals surface area contributed by atoms with Gasteiger partial charge in [-0.2, -0.15) is 0 Å². The molecule has 8 nitrogen and oxygen atoms in total. The zero-order valence-corrected chi connectivity index (χ0v) is 18.3. The van der Waals surface area contributed by atoms with Crippen molar-refractivity contribution in [3.63, 3.8) is 0 Å². The van der Waals surface area contributed by atoms with Crippen molar-refractivity contribution in [2.75, 3.05) is 20.2 Å². The number of carbonyl (C=O) groups excluding carboxylic acids is 1. The molecule has 0 radical (unpaired) electrons. The number of aliphatic hydroxyl groups is 1. The van der Waals surface area contributed by atoms with E-state index in [9.17, 15) is 9.90 Å². The Labute approximate surface area is 187 Å². The molecule has 1 aromatic heterocycles. The first-order valence-corrected chi connectivity index (χ1v) is 10.8. The molecule has 1 saturated heterocycles. The van der Waals surface area contributed by atoms with Crippen molar-refractivity contribution >= 4 is 5.91 Å². The molecular formula is C24H29N5O3. The number of methoxy groups -OCH3 is 1. The standard InChI is InChI=1S/C24H29N5O3/c1-32-22-10-6-5-9-20(22)15-25-23(30)21-17-29(27-26-21)18-24(31)11-13-28(14-12-24)16-19-7-3-2-4-8-19/h2-10,17,31H,11-16,18H2,1H3,(H,25,30). The van der Waals surface area contributed by atoms with Gasteiger partial charge < -0.3 is 15.2 Å². The Hall–Kier alpha value is -3.23. The van der Waals surface area contributed by atoms with E-state index in [0.717, 1.165) is 30.9 Å². The molecule has 0 bridgehead atoms. The highest BCUT2D eigenvalue weighted by Crippen LogP contribution is 2.25. The summed E-state index contributed by atoms with van der Waals surface area (Å²) in [6.45, 7) is 3.16. The summed E-state index contributed by atoms with van der Waals surface area (Å²) in [5.41, 5.74) is 1.53. The first kappa shape index (κ1) is 22.0. The molecule has 8 heteroatoms. The number of amides is 1. The number of hydrogen-bond acceptors (Lipinski definition) is 6. The lowest BCUT2D eigenvalue weighted by molar-refractivity contribution is -0.0383. The Morgan fingerprint density at radius 3 is 2.59 bits per heavy atom. The van der Waals surface area contributed by atoms with Gasteiger partial charge in [0, 0.05) is 31.7 Å². The van der Waals surface area contributed by atoms with Crippen molar-refractivity contribution in [2.45, 2.75) is 38.1 Å². The van der Waals surface area contributed by atoms with Gasteiger partial charge in [-0.25, -0.2) is 4.68 Å². The lowest BCUT2D eigenvalue weighted by atomic mass is 9.91. The molecule has 1 amide bonds. The molecular weight excluding hydrogens is 406 g/mol. The topological polar surface area (TPSA) is 92.5 Å². The zero-order valence-electron chi connectivity index (χ0n) is 18.3. The van der Waals surface area contributed by atoms with Gasteiger partial charge in [-0.3, -0.25) is 9.69 Å². The third-order valence-corrected chi connectivity index (χ3v) is 5.90. The summed E-state index contributed by atoms with van der Waals surface area (Å²) in [7, 11) is 1.60. The van der Waals surface area contributed by atoms with Crippen molar-refractivity contribution in [2.24, 2.45) is 0 Å². The molecule has 1 fully saturated rings. The molecule has 0 aliphatic carbocycles. The van der Waals surface area contributed by atoms with Crippen molar-refractivity contribution < 1.29 is 14.6 Å². The fourth-order valence-corrected chi connectivity index (χ4v) is 4.02. The van der Waals surface area contributed by atoms with Gasteiger partial charge in [0.05, 0.1) is 25.5 Å². The van der Waals surface area contributed by atoms with Gasteiger partial charge in [-0.05, 0) is 24.5 Å². The van der Waals surface area contributed by atoms with Crippen LogP contribution in [0.1, 0.15) is 34.5 Å². The molecule has 0 unspecified atom stereocenters. The number of benzene rings is 2. The van der Waals surface area contributed by atoms with E-state index in [1.807, 2.05) is 42.5 Å². The van der Waals surface area contributed by atoms with Crippen LogP contribution < -0.4 is 10.1 Å². The second-order valence-electron chi connectivity index (χ2n) is 8.28. The fraction of sp³-hybridized carbons (Fsp3) is 0.375. The number of nitrogens with one attached hydrogen (secondary N) is 1. The zero-order chi connectivity index (χ0) is 22.4. The largest absolute Gasteiger partial charge is 0.496 e. The van der Waals surface area contributed by atoms with Crippen LogP contribution in [-0.2, 0) is 19.6 Å². The number of rotatable bonds is 8. The van der Waals surface area contributed by atoms with Gasteiger partial charge in [0.15, 0.2) is 5.69 Å². The number of carbonyl (C=O) groups is 1. The molecule has 0 spiro atoms. The summed E-state index contributed by atoms with van der Waals surface area (Å²) in [5, 5.41) is 21.9. The number of likely N-dealkylation sites (tertiary alicyclic amines) is 1. The molecule has 0 saturated carbocycles. The monoisotopic (exact) mass is 435 g/mol. The number of para-hydroxylation sites is 1. The maximum Gasteiger partial charge on any atom is 0.273 e. The highest BCUT2D eigenvalue weighted by molar-refractivity contribution is 5.91. The minimum Gasteiger partial charge on any atom is -0.496 e. The molecule has 3 aromatic rings. The number of aromatic nitrogens is 3. The number of piperidine rings is 1. The van der Waals surface area contributed by atoms with Crippen molar-refractivity contribution in [3.8, 4) is 5.75 Å². The summed E-state index contributed by atoms with van der Waals surface area (Å²) >= 11 is 0. The van der Waals surface area contributed by atoms with E-state index in [2.05, 4.69) is 32.7 Å². The van der Waals surface area contributed by atoms with E-state index in [4.69, 9.17) is 4.74 Å². The minimum atomic E-state index is -0.855. The van der Waals surface area contributed by atoms with Crippen LogP contribution in [0.15, 0.2) is 60.8 Å². The molecule has 32 heavy (non-hydrogen) atoms. The van der Waals surface area contributed by atoms with Crippen LogP contribution >= 0.6 is 0 Å². The Morgan fingerprint density at radius 2 is 1.84 bits per heavy atom. The predicted octanol–water partition coefficient (Wildman–Crippen LogP) is 2.24. The summed E-state index contributed by atoms with van der Waals surface area (Å²) in [5.74, 6) is 0.407. The lowest BCUT2D eigenvalue weighted by Gasteiger charge is -2.38. The number of hydrogen-bond donors (Lipinski definition) is 2. The predicted molar refractivity (Wildman–Crippen MR) is 120 cm³/mol. The molecule has 1 aliphatic rings. The Balaban J connectivity index is 1.28. The van der Waals surface area contributed by atoms with Gasteiger partial charge in [-0.15, -0.1) is 5.10 Å². The second-order valence-corrected chi connectivity index (χ2v) is 8.28. The highest BCUT2D eigenvalue weighted by Gasteiger charge is 2.33. The SMILES string of the molecule is COc1ccccc1CNC(=O)c1cn(CC2(O)CCN(Cc3ccccc3)CC2)nn1. The smallest absolute Gasteiger partial charge is 0.273 e. The van der Waals surface area contributed by atoms with E-state index in [1.54, 1.807) is 18.0 Å². The quantitative estimate of drug-likeness (QED) is 0.564. The van der Waals surface area contributed by atoms with Crippen molar-refractivity contribution in [1.82, 2.24) is 25.2 Å². The first-order valence-electron chi connectivity index (χ1n) is 10.8. The van der Waals surface area contributed by atoms with Gasteiger partial charge in [0.2, 0.25) is 0 Å². The molecule has 0 atom stereocenters. The maximum absolute atomic E-state index is 12.5. The van der Waals surface area contributed by atoms with E-state index < -0.39 is 5.60 Å². The molecule has 4 rings (SSSR count). The van der Waals surface area contributed by atoms with E-state index >= 15 is 0 Å². The van der Waals surface area contributed by atoms with Crippen LogP contribution in [0.5, 0.6) is 5.75 Å². The average Bonchev–Trinajstić information content (AvgIpc) is 3.28. The van der Waals surface area contributed by atoms with E-state index in [-0.39, 0.29) is 11.6 Å². The molecule has 2 aromatic carbocycles. The highest BCUT2D eigenvalue weighted by atomic mass is 16.5. The van der Waals surface area contributed by atoms with Crippen molar-refractivity contribution in [1.29, 1.82) is 0 Å². The summed E-state index contributed by atoms with van der Waals surface area (Å²) in [6.07, 6.45) is 2.88. The third kappa shape index (κ3) is 5.52. The summed E-state index contributed by atoms with van der Waals surface area (Å²) in [4.78, 5) is 14.8. The second kappa shape index (κ2) is 9.93. The Kier molecular flexibility index (Phi) is 6.82. The molecule has 2 heterocycles. The van der Waals surface area contributed by atoms with Crippen LogP contribution in [-0.4, -0.2) is 56.7 Å². The summed E-state index contributed by atoms with van der Waals surface area (Å²) in [6, 6.07) is 17.9. The first-order chi connectivity index (χ1) is 15.5. The van der Waals surface area contributed by atoms with Crippen LogP contribution in [0.3, 0.4) is 0 Å². The molecule has 2 N–H and O–H groups in total. The average molecular weight is 436 g/mol. The minimum absolute atomic E-state index is 0.227. The van der Waals surface area contributed by atoms with Gasteiger partial charge >= 0.3 is 0 Å². The molecule has 1 aliphatic heterocycles. The lowest BCUT2D eigenvalue weighted by Crippen LogP contribution is -2.46. The Bertz CT molecular complexity index is 1030. The van der Waals surface area contributed by atoms with Crippen LogP contribution in [0, 0.1) is 0 Å². The summed E-state index contributed by atoms with van der Waals surface area (Å²) < 4.78 is 6.87. The van der Waals surface area contributed by atoms with E-state index in [0.29, 0.717) is 25.9 Å². The maximum atomic E-state index is 12.5. The van der Waals surface area contributed by atoms with Crippen molar-refractivity contribution in [3.05, 3.63) is 77.6 Å². The number of nitrogens with zero attached hydrogens (tertiary/aromatic N) is 4. The van der Waals surface area contributed by atoms with Gasteiger partial charge in [0.25, 0.3) is 5.91 Å². The molecule has 168 valence electrons. The van der Waals surface area contributed by atoms with Gasteiger partial charge in [0.1, 0.15) is 5.75 Å². The number of ether oxygens (including phenoxy) is 1. The van der Waals surface area contributed by atoms with Crippen LogP contribution in [0.4, 0.5) is 0 Å². The Morgan fingerprint density at radius 1 is 1.12 bits per heavy atom. The third-order valence-electron chi connectivity index (χ3n) is 5.90.